The highest BCUT2D eigenvalue weighted by molar-refractivity contribution is 7.17. The Bertz CT molecular complexity index is 5210. The fraction of sp³-hybridized carbons (Fsp3) is 0.551. The number of aliphatic hydroxyl groups is 4. The number of hydrogen-bond donors (Lipinski definition) is 8. The van der Waals surface area contributed by atoms with Gasteiger partial charge in [-0.3, -0.25) is 9.67 Å². The van der Waals surface area contributed by atoms with Gasteiger partial charge in [-0.05, 0) is 96.7 Å². The number of hydrogen-bond acceptors (Lipinski definition) is 29. The fourth-order valence-corrected chi connectivity index (χ4v) is 24.1. The summed E-state index contributed by atoms with van der Waals surface area (Å²) in [6, 6.07) is 14.0. The van der Waals surface area contributed by atoms with Crippen LogP contribution >= 0.6 is 91.8 Å². The van der Waals surface area contributed by atoms with Crippen molar-refractivity contribution in [1.82, 2.24) is 101 Å². The molecule has 0 radical (unpaired) electrons. The van der Waals surface area contributed by atoms with E-state index in [1.54, 1.807) is 21.8 Å². The average molecular weight is 1760 g/mol. The monoisotopic (exact) mass is 1760 g/mol. The van der Waals surface area contributed by atoms with E-state index in [0.717, 1.165) is 127 Å². The molecule has 0 unspecified atom stereocenters. The Hall–Kier alpha value is -6.50. The zero-order valence-corrected chi connectivity index (χ0v) is 71.2. The van der Waals surface area contributed by atoms with Crippen molar-refractivity contribution in [1.29, 1.82) is 0 Å². The number of pyridine rings is 1. The van der Waals surface area contributed by atoms with Gasteiger partial charge in [0.2, 0.25) is 0 Å². The smallest absolute Gasteiger partial charge is 0.180 e. The third-order valence-corrected chi connectivity index (χ3v) is 29.3. The minimum absolute atomic E-state index is 0.000186. The van der Waals surface area contributed by atoms with Gasteiger partial charge in [-0.2, -0.15) is 5.10 Å². The Morgan fingerprint density at radius 3 is 1.21 bits per heavy atom. The number of alkyl halides is 1. The third kappa shape index (κ3) is 17.8. The Morgan fingerprint density at radius 2 is 0.855 bits per heavy atom. The summed E-state index contributed by atoms with van der Waals surface area (Å²) in [5.41, 5.74) is 6.56. The zero-order chi connectivity index (χ0) is 81.1. The number of thiophene rings is 4. The number of piperidine rings is 4. The van der Waals surface area contributed by atoms with Gasteiger partial charge in [0.25, 0.3) is 0 Å². The number of nitrogens with zero attached hydrogens (tertiary/aromatic N) is 16. The molecule has 16 atom stereocenters. The molecule has 11 aromatic rings. The predicted molar refractivity (Wildman–Crippen MR) is 436 cm³/mol. The Morgan fingerprint density at radius 1 is 0.479 bits per heavy atom. The lowest BCUT2D eigenvalue weighted by Gasteiger charge is -2.46. The maximum Gasteiger partial charge on any atom is 0.180 e. The number of aliphatic hydroxyl groups excluding tert-OH is 4. The first-order chi connectivity index (χ1) is 56.4. The number of oxazole rings is 1. The maximum absolute atomic E-state index is 15.0. The largest absolute Gasteiger partial charge is 0.451 e. The predicted octanol–water partition coefficient (Wildman–Crippen LogP) is 12.3. The molecule has 20 rings (SSSR count). The van der Waals surface area contributed by atoms with Crippen LogP contribution in [0.4, 0.5) is 4.39 Å². The SMILES string of the molecule is CCn1cc(Cn2cc([C@@H]3C[C@]4(C[C@H](C)N3)OC[C@@H](O)c3cc(Cl)sc34)nn2)cn1.C[C@H]1C[C@@]2(C[C@@H](c3cn(CC4(F)CCOCC4)nn3)N1)OC[C@@H](O)c1cc(Cl)sc12.C[C@H]1C[C@@]2(C[C@@H](c3cn(Cc4ccccn4)nn3)N1)OC[C@@H](O)c1cc(Cl)sc12.C[C@H]1C[C@@]2(C[C@@H](c3cn(Cc4cocn4)nn3)N1)OC[C@@H](O)c1cc(Cl)sc12. The average Bonchev–Trinajstić information content (AvgIpc) is 1.69. The van der Waals surface area contributed by atoms with Crippen molar-refractivity contribution in [2.24, 2.45) is 0 Å². The molecule has 0 saturated carbocycles. The summed E-state index contributed by atoms with van der Waals surface area (Å²) in [5, 5.41) is 94.8. The van der Waals surface area contributed by atoms with E-state index in [2.05, 4.69) is 112 Å². The number of ether oxygens (including phenoxy) is 5. The van der Waals surface area contributed by atoms with Crippen LogP contribution in [0.25, 0.3) is 0 Å². The molecule has 30 nitrogen and oxygen atoms in total. The number of halogens is 5. The van der Waals surface area contributed by atoms with Gasteiger partial charge in [-0.15, -0.1) is 65.7 Å². The van der Waals surface area contributed by atoms with Crippen molar-refractivity contribution < 1.29 is 52.9 Å². The van der Waals surface area contributed by atoms with E-state index in [-0.39, 0.29) is 81.3 Å². The van der Waals surface area contributed by atoms with Crippen molar-refractivity contribution in [2.45, 2.75) is 232 Å². The molecule has 0 aromatic carbocycles. The topological polar surface area (TPSA) is 355 Å². The van der Waals surface area contributed by atoms with Gasteiger partial charge in [-0.25, -0.2) is 28.1 Å². The highest BCUT2D eigenvalue weighted by Gasteiger charge is 2.53. The van der Waals surface area contributed by atoms with Crippen molar-refractivity contribution in [3.63, 3.8) is 0 Å². The first-order valence-corrected chi connectivity index (χ1v) is 44.3. The molecular formula is C78H93Cl4FN20O10S4. The molecule has 4 spiro atoms. The summed E-state index contributed by atoms with van der Waals surface area (Å²) in [5.74, 6) is 0. The van der Waals surface area contributed by atoms with Gasteiger partial charge in [-0.1, -0.05) is 73.3 Å². The lowest BCUT2D eigenvalue weighted by atomic mass is 9.79. The highest BCUT2D eigenvalue weighted by Crippen LogP contribution is 2.57. The molecule has 11 aromatic heterocycles. The normalized spacial score (nSPS) is 30.3. The van der Waals surface area contributed by atoms with Gasteiger partial charge in [0.1, 0.15) is 64.4 Å². The molecular weight excluding hydrogens is 1670 g/mol. The number of aromatic nitrogens is 16. The van der Waals surface area contributed by atoms with Crippen LogP contribution < -0.4 is 21.3 Å². The molecule has 117 heavy (non-hydrogen) atoms. The first kappa shape index (κ1) is 82.8. The maximum atomic E-state index is 15.0. The van der Waals surface area contributed by atoms with E-state index in [0.29, 0.717) is 75.9 Å². The Balaban J connectivity index is 0.000000112. The van der Waals surface area contributed by atoms with Gasteiger partial charge in [0, 0.05) is 142 Å². The molecule has 0 bridgehead atoms. The molecule has 39 heteroatoms. The van der Waals surface area contributed by atoms with Crippen molar-refractivity contribution in [3.8, 4) is 0 Å². The lowest BCUT2D eigenvalue weighted by Crippen LogP contribution is -2.50. The van der Waals surface area contributed by atoms with Gasteiger partial charge in [0.05, 0.1) is 154 Å². The number of nitrogens with one attached hydrogen (secondary N) is 4. The zero-order valence-electron chi connectivity index (χ0n) is 64.9. The van der Waals surface area contributed by atoms with Crippen LogP contribution in [-0.4, -0.2) is 170 Å². The van der Waals surface area contributed by atoms with Crippen LogP contribution in [0.5, 0.6) is 0 Å². The van der Waals surface area contributed by atoms with Crippen LogP contribution in [0.2, 0.25) is 17.3 Å². The molecule has 0 aliphatic carbocycles. The number of fused-ring (bicyclic) bond motifs is 8. The van der Waals surface area contributed by atoms with E-state index in [1.165, 1.54) is 51.7 Å². The van der Waals surface area contributed by atoms with Crippen LogP contribution in [0, 0.1) is 0 Å². The molecule has 0 amide bonds. The van der Waals surface area contributed by atoms with Gasteiger partial charge < -0.3 is 69.8 Å². The summed E-state index contributed by atoms with van der Waals surface area (Å²) >= 11 is 31.2. The van der Waals surface area contributed by atoms with Gasteiger partial charge >= 0.3 is 0 Å². The minimum Gasteiger partial charge on any atom is -0.451 e. The van der Waals surface area contributed by atoms with E-state index in [9.17, 15) is 20.4 Å². The summed E-state index contributed by atoms with van der Waals surface area (Å²) < 4.78 is 62.0. The second kappa shape index (κ2) is 34.4. The third-order valence-electron chi connectivity index (χ3n) is 23.4. The summed E-state index contributed by atoms with van der Waals surface area (Å²) in [7, 11) is 0. The van der Waals surface area contributed by atoms with Crippen molar-refractivity contribution >= 4 is 91.8 Å². The molecule has 624 valence electrons. The molecule has 9 aliphatic rings. The van der Waals surface area contributed by atoms with Crippen LogP contribution in [0.3, 0.4) is 0 Å². The fourth-order valence-electron chi connectivity index (χ4n) is 18.3. The van der Waals surface area contributed by atoms with E-state index in [4.69, 9.17) is 74.5 Å². The summed E-state index contributed by atoms with van der Waals surface area (Å²) in [4.78, 5) is 12.6. The van der Waals surface area contributed by atoms with Crippen LogP contribution in [0.15, 0.2) is 103 Å². The second-order valence-corrected chi connectivity index (χ2v) is 39.1. The first-order valence-electron chi connectivity index (χ1n) is 39.5. The standard InChI is InChI=1S/C20H26ClFN4O3S.C20H25ClN6O2S.C20H22ClN5O2S.C18H20ClN5O3S/c1-12-7-20(18-13(6-17(21)30-18)16(27)10-29-20)8-14(23-12)15-9-26(25-24-15)11-19(22)2-4-28-5-3-19;1-3-26-8-13(7-22-26)9-27-10-16(24-25-27)15-6-20(5-12(2)23-15)19-14(4-18(21)30-19)17(28)11-29-20;1-12-7-20(19-14(6-18(21)29-19)17(27)11-28-20)8-15(23-12)16-10-26(25-24-16)9-13-4-2-3-5-22-13;1-10-3-18(17-12(2-16(19)28-17)15(25)8-27-18)4-13(21-10)14-6-24(23-22-14)5-11-7-26-9-20-11/h6,9,12,14,16,23,27H,2-5,7-8,10-11H2,1H3;4,7-8,10,12,15,17,23,28H,3,5-6,9,11H2,1-2H3;2-6,10,12,15,17,23,27H,7-9,11H2,1H3;2,6-7,9-10,13,15,21,25H,3-5,8H2,1H3/t12-,14-,16+,20-;2*12-,15-,17+,20-;10-,13-,15+,18-/m0000/s1. The molecule has 5 saturated heterocycles. The van der Waals surface area contributed by atoms with Crippen molar-refractivity contribution in [2.75, 3.05) is 39.6 Å². The lowest BCUT2D eigenvalue weighted by molar-refractivity contribution is -0.129. The summed E-state index contributed by atoms with van der Waals surface area (Å²) in [6.07, 6.45) is 20.7. The quantitative estimate of drug-likeness (QED) is 0.0531. The Labute approximate surface area is 710 Å². The molecule has 20 heterocycles. The van der Waals surface area contributed by atoms with Crippen LogP contribution in [0.1, 0.15) is 229 Å². The van der Waals surface area contributed by atoms with Crippen LogP contribution in [-0.2, 0) is 78.8 Å². The number of rotatable bonds is 13. The van der Waals surface area contributed by atoms with E-state index >= 15 is 4.39 Å². The van der Waals surface area contributed by atoms with Gasteiger partial charge in [0.15, 0.2) is 6.39 Å². The molecule has 5 fully saturated rings. The highest BCUT2D eigenvalue weighted by atomic mass is 35.5. The minimum atomic E-state index is -1.30. The number of aryl methyl sites for hydroxylation is 1. The van der Waals surface area contributed by atoms with E-state index < -0.39 is 52.5 Å². The van der Waals surface area contributed by atoms with Crippen molar-refractivity contribution in [3.05, 3.63) is 197 Å². The molecule has 9 aliphatic heterocycles. The molecule has 8 N–H and O–H groups in total. The second-order valence-electron chi connectivity index (χ2n) is 32.4. The van der Waals surface area contributed by atoms with E-state index in [1.807, 2.05) is 93.7 Å². The Kier molecular flexibility index (Phi) is 24.4. The summed E-state index contributed by atoms with van der Waals surface area (Å²) in [6.45, 7) is 15.3.